The number of carboxylic acid groups (broad SMARTS) is 1. The summed E-state index contributed by atoms with van der Waals surface area (Å²) in [5, 5.41) is 11.9. The molecule has 0 radical (unpaired) electrons. The topological polar surface area (TPSA) is 66.4 Å². The lowest BCUT2D eigenvalue weighted by atomic mass is 9.97. The van der Waals surface area contributed by atoms with Crippen molar-refractivity contribution in [3.8, 4) is 0 Å². The normalized spacial score (nSPS) is 11.8. The quantitative estimate of drug-likeness (QED) is 0.861. The molecule has 0 aromatic heterocycles. The van der Waals surface area contributed by atoms with Crippen LogP contribution in [0.5, 0.6) is 0 Å². The third-order valence-corrected chi connectivity index (χ3v) is 3.99. The standard InChI is InChI=1S/C19H20FNO3/c1-11(14-5-4-6-15(20)9-14)8-18(22)21-17-10-16(19(23)24)12(2)7-13(17)3/h4-7,9-11H,8H2,1-3H3,(H,21,22)(H,23,24). The van der Waals surface area contributed by atoms with Gasteiger partial charge in [-0.25, -0.2) is 9.18 Å². The highest BCUT2D eigenvalue weighted by Gasteiger charge is 2.15. The van der Waals surface area contributed by atoms with Gasteiger partial charge in [0, 0.05) is 12.1 Å². The highest BCUT2D eigenvalue weighted by Crippen LogP contribution is 2.24. The third kappa shape index (κ3) is 4.19. The zero-order valence-electron chi connectivity index (χ0n) is 13.9. The molecule has 24 heavy (non-hydrogen) atoms. The Morgan fingerprint density at radius 2 is 1.88 bits per heavy atom. The summed E-state index contributed by atoms with van der Waals surface area (Å²) in [4.78, 5) is 23.5. The molecule has 0 fully saturated rings. The molecule has 0 aliphatic heterocycles. The molecule has 1 amide bonds. The highest BCUT2D eigenvalue weighted by atomic mass is 19.1. The molecule has 2 N–H and O–H groups in total. The first-order valence-electron chi connectivity index (χ1n) is 7.67. The van der Waals surface area contributed by atoms with Gasteiger partial charge in [-0.3, -0.25) is 4.79 Å². The second-order valence-electron chi connectivity index (χ2n) is 6.00. The molecule has 0 spiro atoms. The van der Waals surface area contributed by atoms with Gasteiger partial charge in [-0.15, -0.1) is 0 Å². The predicted octanol–water partition coefficient (Wildman–Crippen LogP) is 4.27. The van der Waals surface area contributed by atoms with Crippen molar-refractivity contribution in [1.29, 1.82) is 0 Å². The summed E-state index contributed by atoms with van der Waals surface area (Å²) in [5.74, 6) is -1.75. The lowest BCUT2D eigenvalue weighted by molar-refractivity contribution is -0.116. The third-order valence-electron chi connectivity index (χ3n) is 3.99. The van der Waals surface area contributed by atoms with Gasteiger partial charge in [0.25, 0.3) is 0 Å². The van der Waals surface area contributed by atoms with E-state index < -0.39 is 5.97 Å². The average molecular weight is 329 g/mol. The number of carbonyl (C=O) groups is 2. The molecule has 2 aromatic carbocycles. The molecule has 1 atom stereocenters. The van der Waals surface area contributed by atoms with Gasteiger partial charge in [-0.05, 0) is 54.7 Å². The SMILES string of the molecule is Cc1cc(C)c(C(=O)O)cc1NC(=O)CC(C)c1cccc(F)c1. The number of aromatic carboxylic acids is 1. The van der Waals surface area contributed by atoms with E-state index in [1.165, 1.54) is 18.2 Å². The molecule has 4 nitrogen and oxygen atoms in total. The van der Waals surface area contributed by atoms with Crippen molar-refractivity contribution >= 4 is 17.6 Å². The van der Waals surface area contributed by atoms with Crippen LogP contribution in [0.2, 0.25) is 0 Å². The van der Waals surface area contributed by atoms with E-state index in [1.54, 1.807) is 25.1 Å². The van der Waals surface area contributed by atoms with Crippen molar-refractivity contribution in [3.63, 3.8) is 0 Å². The molecule has 5 heteroatoms. The minimum Gasteiger partial charge on any atom is -0.478 e. The van der Waals surface area contributed by atoms with E-state index in [0.29, 0.717) is 11.3 Å². The van der Waals surface area contributed by atoms with Gasteiger partial charge in [-0.1, -0.05) is 25.1 Å². The van der Waals surface area contributed by atoms with E-state index in [2.05, 4.69) is 5.32 Å². The number of aryl methyl sites for hydroxylation is 2. The molecule has 0 bridgehead atoms. The minimum absolute atomic E-state index is 0.148. The number of nitrogens with one attached hydrogen (secondary N) is 1. The van der Waals surface area contributed by atoms with Gasteiger partial charge in [0.15, 0.2) is 0 Å². The number of carboxylic acids is 1. The minimum atomic E-state index is -1.03. The molecule has 0 saturated carbocycles. The lowest BCUT2D eigenvalue weighted by Gasteiger charge is -2.14. The van der Waals surface area contributed by atoms with Crippen molar-refractivity contribution < 1.29 is 19.1 Å². The number of carbonyl (C=O) groups excluding carboxylic acids is 1. The number of halogens is 1. The molecular weight excluding hydrogens is 309 g/mol. The Bertz CT molecular complexity index is 786. The summed E-state index contributed by atoms with van der Waals surface area (Å²) < 4.78 is 13.3. The van der Waals surface area contributed by atoms with Crippen LogP contribution < -0.4 is 5.32 Å². The van der Waals surface area contributed by atoms with E-state index in [0.717, 1.165) is 11.1 Å². The summed E-state index contributed by atoms with van der Waals surface area (Å²) in [5.41, 5.74) is 2.83. The molecule has 0 saturated heterocycles. The fourth-order valence-corrected chi connectivity index (χ4v) is 2.63. The van der Waals surface area contributed by atoms with Gasteiger partial charge in [0.05, 0.1) is 5.56 Å². The van der Waals surface area contributed by atoms with Crippen LogP contribution in [0.15, 0.2) is 36.4 Å². The number of benzene rings is 2. The summed E-state index contributed by atoms with van der Waals surface area (Å²) in [6.07, 6.45) is 0.180. The van der Waals surface area contributed by atoms with Crippen molar-refractivity contribution in [2.45, 2.75) is 33.1 Å². The predicted molar refractivity (Wildman–Crippen MR) is 90.9 cm³/mol. The van der Waals surface area contributed by atoms with Gasteiger partial charge < -0.3 is 10.4 Å². The van der Waals surface area contributed by atoms with Gasteiger partial charge in [-0.2, -0.15) is 0 Å². The summed E-state index contributed by atoms with van der Waals surface area (Å²) in [7, 11) is 0. The first-order chi connectivity index (χ1) is 11.3. The first kappa shape index (κ1) is 17.7. The Kier molecular flexibility index (Phi) is 5.34. The van der Waals surface area contributed by atoms with Crippen molar-refractivity contribution in [2.24, 2.45) is 0 Å². The largest absolute Gasteiger partial charge is 0.478 e. The van der Waals surface area contributed by atoms with Crippen molar-refractivity contribution in [2.75, 3.05) is 5.32 Å². The highest BCUT2D eigenvalue weighted by molar-refractivity contribution is 5.95. The maximum Gasteiger partial charge on any atom is 0.336 e. The zero-order chi connectivity index (χ0) is 17.9. The van der Waals surface area contributed by atoms with Crippen LogP contribution in [0.3, 0.4) is 0 Å². The maximum absolute atomic E-state index is 13.3. The van der Waals surface area contributed by atoms with E-state index >= 15 is 0 Å². The Balaban J connectivity index is 2.12. The van der Waals surface area contributed by atoms with Crippen LogP contribution in [-0.4, -0.2) is 17.0 Å². The molecule has 1 unspecified atom stereocenters. The van der Waals surface area contributed by atoms with E-state index in [-0.39, 0.29) is 29.6 Å². The lowest BCUT2D eigenvalue weighted by Crippen LogP contribution is -2.16. The molecule has 0 heterocycles. The number of anilines is 1. The van der Waals surface area contributed by atoms with Crippen LogP contribution in [-0.2, 0) is 4.79 Å². The number of amides is 1. The molecule has 126 valence electrons. The summed E-state index contributed by atoms with van der Waals surface area (Å²) in [6, 6.07) is 9.37. The average Bonchev–Trinajstić information content (AvgIpc) is 2.49. The zero-order valence-corrected chi connectivity index (χ0v) is 13.9. The van der Waals surface area contributed by atoms with Gasteiger partial charge >= 0.3 is 5.97 Å². The van der Waals surface area contributed by atoms with Crippen LogP contribution in [0.25, 0.3) is 0 Å². The Labute approximate surface area is 140 Å². The Morgan fingerprint density at radius 3 is 2.50 bits per heavy atom. The van der Waals surface area contributed by atoms with E-state index in [9.17, 15) is 19.1 Å². The summed E-state index contributed by atoms with van der Waals surface area (Å²) in [6.45, 7) is 5.37. The second kappa shape index (κ2) is 7.25. The van der Waals surface area contributed by atoms with Crippen molar-refractivity contribution in [1.82, 2.24) is 0 Å². The van der Waals surface area contributed by atoms with Crippen LogP contribution in [0.4, 0.5) is 10.1 Å². The maximum atomic E-state index is 13.3. The molecular formula is C19H20FNO3. The number of rotatable bonds is 5. The molecule has 2 aromatic rings. The van der Waals surface area contributed by atoms with Crippen LogP contribution >= 0.6 is 0 Å². The number of hydrogen-bond donors (Lipinski definition) is 2. The Hall–Kier alpha value is -2.69. The Morgan fingerprint density at radius 1 is 1.17 bits per heavy atom. The van der Waals surface area contributed by atoms with Crippen LogP contribution in [0, 0.1) is 19.7 Å². The fourth-order valence-electron chi connectivity index (χ4n) is 2.63. The van der Waals surface area contributed by atoms with Crippen LogP contribution in [0.1, 0.15) is 46.3 Å². The van der Waals surface area contributed by atoms with Gasteiger partial charge in [0.2, 0.25) is 5.91 Å². The smallest absolute Gasteiger partial charge is 0.336 e. The number of hydrogen-bond acceptors (Lipinski definition) is 2. The molecule has 0 aliphatic carbocycles. The fraction of sp³-hybridized carbons (Fsp3) is 0.263. The monoisotopic (exact) mass is 329 g/mol. The van der Waals surface area contributed by atoms with Gasteiger partial charge in [0.1, 0.15) is 5.82 Å². The molecule has 2 rings (SSSR count). The van der Waals surface area contributed by atoms with E-state index in [4.69, 9.17) is 0 Å². The van der Waals surface area contributed by atoms with Crippen molar-refractivity contribution in [3.05, 3.63) is 64.5 Å². The second-order valence-corrected chi connectivity index (χ2v) is 6.00. The van der Waals surface area contributed by atoms with E-state index in [1.807, 2.05) is 13.8 Å². The first-order valence-corrected chi connectivity index (χ1v) is 7.67. The summed E-state index contributed by atoms with van der Waals surface area (Å²) >= 11 is 0. The molecule has 0 aliphatic rings.